The Balaban J connectivity index is 1.54. The molecule has 0 bridgehead atoms. The van der Waals surface area contributed by atoms with Gasteiger partial charge in [0.05, 0.1) is 0 Å². The minimum atomic E-state index is -0.0114. The minimum Gasteiger partial charge on any atom is -0.508 e. The molecule has 0 atom stereocenters. The Labute approximate surface area is 151 Å². The van der Waals surface area contributed by atoms with E-state index in [2.05, 4.69) is 0 Å². The molecule has 0 amide bonds. The summed E-state index contributed by atoms with van der Waals surface area (Å²) in [7, 11) is 0. The molecule has 126 valence electrons. The summed E-state index contributed by atoms with van der Waals surface area (Å²) in [6.07, 6.45) is 0. The molecule has 3 nitrogen and oxygen atoms in total. The number of carbonyl (C=O) groups excluding carboxylic acids is 1. The van der Waals surface area contributed by atoms with E-state index in [1.165, 1.54) is 0 Å². The molecule has 0 fully saturated rings. The van der Waals surface area contributed by atoms with Gasteiger partial charge in [-0.15, -0.1) is 0 Å². The van der Waals surface area contributed by atoms with Gasteiger partial charge in [0.25, 0.3) is 0 Å². The first kappa shape index (κ1) is 15.9. The molecule has 0 saturated heterocycles. The zero-order chi connectivity index (χ0) is 17.9. The van der Waals surface area contributed by atoms with Crippen molar-refractivity contribution in [3.63, 3.8) is 0 Å². The molecule has 0 heterocycles. The number of ether oxygens (including phenoxy) is 1. The summed E-state index contributed by atoms with van der Waals surface area (Å²) in [5, 5.41) is 11.5. The Kier molecular flexibility index (Phi) is 4.12. The van der Waals surface area contributed by atoms with Crippen LogP contribution in [0.3, 0.4) is 0 Å². The number of ketones is 1. The highest BCUT2D eigenvalue weighted by atomic mass is 16.5. The second-order valence-electron chi connectivity index (χ2n) is 6.01. The predicted molar refractivity (Wildman–Crippen MR) is 102 cm³/mol. The van der Waals surface area contributed by atoms with Gasteiger partial charge in [0.2, 0.25) is 0 Å². The number of carbonyl (C=O) groups is 1. The van der Waals surface area contributed by atoms with Crippen molar-refractivity contribution < 1.29 is 14.6 Å². The number of rotatable bonds is 4. The Morgan fingerprint density at radius 1 is 0.654 bits per heavy atom. The number of phenols is 1. The highest BCUT2D eigenvalue weighted by Gasteiger charge is 2.08. The lowest BCUT2D eigenvalue weighted by molar-refractivity contribution is 0.103. The van der Waals surface area contributed by atoms with E-state index in [-0.39, 0.29) is 11.5 Å². The molecular formula is C23H16O3. The van der Waals surface area contributed by atoms with Crippen LogP contribution in [-0.4, -0.2) is 10.9 Å². The van der Waals surface area contributed by atoms with E-state index >= 15 is 0 Å². The maximum atomic E-state index is 12.4. The van der Waals surface area contributed by atoms with Crippen LogP contribution in [0.5, 0.6) is 17.2 Å². The van der Waals surface area contributed by atoms with Crippen molar-refractivity contribution in [2.75, 3.05) is 0 Å². The maximum Gasteiger partial charge on any atom is 0.193 e. The third-order valence-corrected chi connectivity index (χ3v) is 4.18. The van der Waals surface area contributed by atoms with E-state index < -0.39 is 0 Å². The van der Waals surface area contributed by atoms with Crippen molar-refractivity contribution >= 4 is 16.6 Å². The Hall–Kier alpha value is -3.59. The Morgan fingerprint density at radius 2 is 1.27 bits per heavy atom. The largest absolute Gasteiger partial charge is 0.508 e. The van der Waals surface area contributed by atoms with Crippen molar-refractivity contribution in [2.45, 2.75) is 0 Å². The first-order valence-corrected chi connectivity index (χ1v) is 8.29. The summed E-state index contributed by atoms with van der Waals surface area (Å²) < 4.78 is 5.88. The van der Waals surface area contributed by atoms with E-state index in [9.17, 15) is 9.90 Å². The molecule has 0 aliphatic heterocycles. The molecule has 26 heavy (non-hydrogen) atoms. The Morgan fingerprint density at radius 3 is 2.04 bits per heavy atom. The van der Waals surface area contributed by atoms with Gasteiger partial charge in [-0.3, -0.25) is 4.79 Å². The lowest BCUT2D eigenvalue weighted by atomic mass is 10.0. The van der Waals surface area contributed by atoms with Crippen LogP contribution < -0.4 is 4.74 Å². The quantitative estimate of drug-likeness (QED) is 0.494. The molecule has 0 unspecified atom stereocenters. The summed E-state index contributed by atoms with van der Waals surface area (Å²) in [6, 6.07) is 27.2. The summed E-state index contributed by atoms with van der Waals surface area (Å²) >= 11 is 0. The van der Waals surface area contributed by atoms with Crippen LogP contribution in [0.25, 0.3) is 10.8 Å². The van der Waals surface area contributed by atoms with Gasteiger partial charge in [-0.25, -0.2) is 0 Å². The third kappa shape index (κ3) is 3.28. The van der Waals surface area contributed by atoms with E-state index in [4.69, 9.17) is 4.74 Å². The summed E-state index contributed by atoms with van der Waals surface area (Å²) in [6.45, 7) is 0. The molecule has 4 aromatic rings. The standard InChI is InChI=1S/C23H16O3/c24-20-10-6-19-15-22(13-9-18(19)14-20)26-21-11-7-17(8-12-21)23(25)16-4-2-1-3-5-16/h1-15,24H. The molecule has 1 N–H and O–H groups in total. The molecule has 3 heteroatoms. The molecule has 0 saturated carbocycles. The number of benzene rings is 4. The van der Waals surface area contributed by atoms with Crippen molar-refractivity contribution in [2.24, 2.45) is 0 Å². The minimum absolute atomic E-state index is 0.0114. The predicted octanol–water partition coefficient (Wildman–Crippen LogP) is 5.57. The van der Waals surface area contributed by atoms with Gasteiger partial charge in [0.15, 0.2) is 5.78 Å². The highest BCUT2D eigenvalue weighted by Crippen LogP contribution is 2.28. The number of hydrogen-bond acceptors (Lipinski definition) is 3. The third-order valence-electron chi connectivity index (χ3n) is 4.18. The van der Waals surface area contributed by atoms with Gasteiger partial charge >= 0.3 is 0 Å². The van der Waals surface area contributed by atoms with Gasteiger partial charge in [-0.1, -0.05) is 42.5 Å². The number of phenolic OH excluding ortho intramolecular Hbond substituents is 1. The van der Waals surface area contributed by atoms with Gasteiger partial charge in [0, 0.05) is 11.1 Å². The second-order valence-corrected chi connectivity index (χ2v) is 6.01. The summed E-state index contributed by atoms with van der Waals surface area (Å²) in [5.74, 6) is 1.59. The van der Waals surface area contributed by atoms with E-state index in [0.717, 1.165) is 10.8 Å². The van der Waals surface area contributed by atoms with Crippen LogP contribution in [0.1, 0.15) is 15.9 Å². The topological polar surface area (TPSA) is 46.5 Å². The highest BCUT2D eigenvalue weighted by molar-refractivity contribution is 6.09. The molecule has 0 aromatic heterocycles. The second kappa shape index (κ2) is 6.73. The number of fused-ring (bicyclic) bond motifs is 1. The zero-order valence-corrected chi connectivity index (χ0v) is 13.9. The lowest BCUT2D eigenvalue weighted by Crippen LogP contribution is -2.00. The SMILES string of the molecule is O=C(c1ccccc1)c1ccc(Oc2ccc3cc(O)ccc3c2)cc1. The molecule has 4 aromatic carbocycles. The molecule has 4 rings (SSSR count). The fourth-order valence-electron chi connectivity index (χ4n) is 2.84. The molecule has 0 aliphatic carbocycles. The number of aromatic hydroxyl groups is 1. The normalized spacial score (nSPS) is 10.6. The van der Waals surface area contributed by atoms with Crippen LogP contribution in [0, 0.1) is 0 Å². The van der Waals surface area contributed by atoms with Crippen LogP contribution in [0.15, 0.2) is 91.0 Å². The van der Waals surface area contributed by atoms with Gasteiger partial charge in [-0.2, -0.15) is 0 Å². The van der Waals surface area contributed by atoms with Crippen LogP contribution in [0.2, 0.25) is 0 Å². The average Bonchev–Trinajstić information content (AvgIpc) is 2.69. The van der Waals surface area contributed by atoms with Crippen molar-refractivity contribution in [3.05, 3.63) is 102 Å². The van der Waals surface area contributed by atoms with Crippen molar-refractivity contribution in [3.8, 4) is 17.2 Å². The monoisotopic (exact) mass is 340 g/mol. The maximum absolute atomic E-state index is 12.4. The van der Waals surface area contributed by atoms with Gasteiger partial charge < -0.3 is 9.84 Å². The van der Waals surface area contributed by atoms with Crippen molar-refractivity contribution in [1.82, 2.24) is 0 Å². The zero-order valence-electron chi connectivity index (χ0n) is 13.9. The van der Waals surface area contributed by atoms with Crippen LogP contribution in [0.4, 0.5) is 0 Å². The summed E-state index contributed by atoms with van der Waals surface area (Å²) in [4.78, 5) is 12.4. The fourth-order valence-corrected chi connectivity index (χ4v) is 2.84. The van der Waals surface area contributed by atoms with Crippen molar-refractivity contribution in [1.29, 1.82) is 0 Å². The molecular weight excluding hydrogens is 324 g/mol. The molecule has 0 spiro atoms. The molecule has 0 aliphatic rings. The van der Waals surface area contributed by atoms with Gasteiger partial charge in [-0.05, 0) is 59.3 Å². The van der Waals surface area contributed by atoms with Gasteiger partial charge in [0.1, 0.15) is 17.2 Å². The lowest BCUT2D eigenvalue weighted by Gasteiger charge is -2.08. The Bertz CT molecular complexity index is 1070. The van der Waals surface area contributed by atoms with E-state index in [1.807, 2.05) is 42.5 Å². The smallest absolute Gasteiger partial charge is 0.193 e. The first-order valence-electron chi connectivity index (χ1n) is 8.29. The van der Waals surface area contributed by atoms with Crippen LogP contribution >= 0.6 is 0 Å². The number of hydrogen-bond donors (Lipinski definition) is 1. The van der Waals surface area contributed by atoms with E-state index in [0.29, 0.717) is 22.6 Å². The first-order chi connectivity index (χ1) is 12.7. The summed E-state index contributed by atoms with van der Waals surface area (Å²) in [5.41, 5.74) is 1.29. The molecule has 0 radical (unpaired) electrons. The average molecular weight is 340 g/mol. The van der Waals surface area contributed by atoms with E-state index in [1.54, 1.807) is 48.5 Å². The fraction of sp³-hybridized carbons (Fsp3) is 0. The van der Waals surface area contributed by atoms with Crippen LogP contribution in [-0.2, 0) is 0 Å².